The Labute approximate surface area is 146 Å². The van der Waals surface area contributed by atoms with Crippen LogP contribution in [0.2, 0.25) is 0 Å². The van der Waals surface area contributed by atoms with Gasteiger partial charge in [-0.2, -0.15) is 0 Å². The van der Waals surface area contributed by atoms with Gasteiger partial charge in [0, 0.05) is 23.8 Å². The van der Waals surface area contributed by atoms with Gasteiger partial charge in [-0.15, -0.1) is 0 Å². The van der Waals surface area contributed by atoms with Crippen molar-refractivity contribution in [2.24, 2.45) is 0 Å². The van der Waals surface area contributed by atoms with Crippen LogP contribution in [-0.4, -0.2) is 27.4 Å². The van der Waals surface area contributed by atoms with Gasteiger partial charge in [0.1, 0.15) is 5.69 Å². The lowest BCUT2D eigenvalue weighted by atomic mass is 10.2. The number of benzene rings is 1. The second kappa shape index (κ2) is 7.70. The van der Waals surface area contributed by atoms with Crippen molar-refractivity contribution in [3.63, 3.8) is 0 Å². The average molecular weight is 335 g/mol. The molecule has 0 fully saturated rings. The maximum atomic E-state index is 12.6. The van der Waals surface area contributed by atoms with E-state index in [0.29, 0.717) is 17.3 Å². The molecule has 2 N–H and O–H groups in total. The molecule has 0 atom stereocenters. The first-order valence-electron chi connectivity index (χ1n) is 8.42. The zero-order valence-corrected chi connectivity index (χ0v) is 14.4. The molecule has 6 heteroatoms. The summed E-state index contributed by atoms with van der Waals surface area (Å²) in [6.45, 7) is 4.76. The number of rotatable bonds is 6. The van der Waals surface area contributed by atoms with Crippen LogP contribution in [0.3, 0.4) is 0 Å². The van der Waals surface area contributed by atoms with Gasteiger partial charge in [0.05, 0.1) is 11.2 Å². The van der Waals surface area contributed by atoms with Gasteiger partial charge >= 0.3 is 0 Å². The first kappa shape index (κ1) is 16.8. The fourth-order valence-electron chi connectivity index (χ4n) is 2.53. The molecule has 0 bridgehead atoms. The summed E-state index contributed by atoms with van der Waals surface area (Å²) >= 11 is 0. The SMILES string of the molecule is CCCCNc1nc(C)cc(C(=O)Nc2cccc3cccnc23)n1. The summed E-state index contributed by atoms with van der Waals surface area (Å²) in [7, 11) is 0. The molecular weight excluding hydrogens is 314 g/mol. The first-order valence-corrected chi connectivity index (χ1v) is 8.42. The standard InChI is InChI=1S/C19H21N5O/c1-3-4-10-21-19-22-13(2)12-16(24-19)18(25)23-15-9-5-7-14-8-6-11-20-17(14)15/h5-9,11-12H,3-4,10H2,1-2H3,(H,23,25)(H,21,22,24). The van der Waals surface area contributed by atoms with Crippen LogP contribution in [0.4, 0.5) is 11.6 Å². The molecule has 0 aliphatic heterocycles. The Balaban J connectivity index is 1.83. The highest BCUT2D eigenvalue weighted by Gasteiger charge is 2.12. The van der Waals surface area contributed by atoms with Gasteiger partial charge in [-0.05, 0) is 31.5 Å². The molecule has 6 nitrogen and oxygen atoms in total. The number of unbranched alkanes of at least 4 members (excludes halogenated alkanes) is 1. The number of para-hydroxylation sites is 1. The molecule has 128 valence electrons. The fourth-order valence-corrected chi connectivity index (χ4v) is 2.53. The predicted octanol–water partition coefficient (Wildman–Crippen LogP) is 3.80. The molecule has 0 spiro atoms. The molecule has 1 aromatic carbocycles. The molecule has 0 radical (unpaired) electrons. The highest BCUT2D eigenvalue weighted by molar-refractivity contribution is 6.07. The zero-order chi connectivity index (χ0) is 17.6. The van der Waals surface area contributed by atoms with E-state index in [1.54, 1.807) is 12.3 Å². The number of fused-ring (bicyclic) bond motifs is 1. The minimum atomic E-state index is -0.276. The van der Waals surface area contributed by atoms with E-state index in [-0.39, 0.29) is 5.91 Å². The highest BCUT2D eigenvalue weighted by atomic mass is 16.1. The minimum absolute atomic E-state index is 0.276. The van der Waals surface area contributed by atoms with E-state index in [2.05, 4.69) is 32.5 Å². The summed E-state index contributed by atoms with van der Waals surface area (Å²) in [5.41, 5.74) is 2.50. The Morgan fingerprint density at radius 1 is 1.16 bits per heavy atom. The van der Waals surface area contributed by atoms with E-state index in [0.717, 1.165) is 36.0 Å². The van der Waals surface area contributed by atoms with Crippen LogP contribution in [0, 0.1) is 6.92 Å². The lowest BCUT2D eigenvalue weighted by Gasteiger charge is -2.10. The summed E-state index contributed by atoms with van der Waals surface area (Å²) in [4.78, 5) is 25.6. The van der Waals surface area contributed by atoms with Crippen LogP contribution in [0.1, 0.15) is 35.9 Å². The Bertz CT molecular complexity index is 889. The topological polar surface area (TPSA) is 79.8 Å². The van der Waals surface area contributed by atoms with Gasteiger partial charge in [-0.1, -0.05) is 31.5 Å². The van der Waals surface area contributed by atoms with Gasteiger partial charge in [0.2, 0.25) is 5.95 Å². The number of hydrogen-bond acceptors (Lipinski definition) is 5. The molecule has 0 aliphatic rings. The van der Waals surface area contributed by atoms with Crippen molar-refractivity contribution >= 4 is 28.4 Å². The van der Waals surface area contributed by atoms with Gasteiger partial charge in [0.25, 0.3) is 5.91 Å². The summed E-state index contributed by atoms with van der Waals surface area (Å²) in [5.74, 6) is 0.205. The van der Waals surface area contributed by atoms with Crippen LogP contribution in [0.5, 0.6) is 0 Å². The molecule has 0 unspecified atom stereocenters. The van der Waals surface area contributed by atoms with E-state index >= 15 is 0 Å². The molecule has 3 rings (SSSR count). The highest BCUT2D eigenvalue weighted by Crippen LogP contribution is 2.21. The van der Waals surface area contributed by atoms with Crippen molar-refractivity contribution in [2.45, 2.75) is 26.7 Å². The Kier molecular flexibility index (Phi) is 5.18. The van der Waals surface area contributed by atoms with E-state index in [1.165, 1.54) is 0 Å². The van der Waals surface area contributed by atoms with Gasteiger partial charge < -0.3 is 10.6 Å². The summed E-state index contributed by atoms with van der Waals surface area (Å²) in [6.07, 6.45) is 3.82. The van der Waals surface area contributed by atoms with Crippen molar-refractivity contribution in [2.75, 3.05) is 17.2 Å². The smallest absolute Gasteiger partial charge is 0.274 e. The third-order valence-corrected chi connectivity index (χ3v) is 3.78. The monoisotopic (exact) mass is 335 g/mol. The van der Waals surface area contributed by atoms with Crippen molar-refractivity contribution in [3.8, 4) is 0 Å². The van der Waals surface area contributed by atoms with Crippen molar-refractivity contribution in [3.05, 3.63) is 54.0 Å². The van der Waals surface area contributed by atoms with Crippen LogP contribution in [0.25, 0.3) is 10.9 Å². The quantitative estimate of drug-likeness (QED) is 0.670. The average Bonchev–Trinajstić information content (AvgIpc) is 2.62. The molecule has 2 aromatic heterocycles. The van der Waals surface area contributed by atoms with Crippen molar-refractivity contribution < 1.29 is 4.79 Å². The van der Waals surface area contributed by atoms with E-state index < -0.39 is 0 Å². The van der Waals surface area contributed by atoms with Crippen molar-refractivity contribution in [1.29, 1.82) is 0 Å². The van der Waals surface area contributed by atoms with Crippen LogP contribution >= 0.6 is 0 Å². The number of carbonyl (C=O) groups is 1. The maximum absolute atomic E-state index is 12.6. The van der Waals surface area contributed by atoms with Crippen LogP contribution in [0.15, 0.2) is 42.6 Å². The number of hydrogen-bond donors (Lipinski definition) is 2. The molecule has 0 saturated heterocycles. The Morgan fingerprint density at radius 3 is 2.84 bits per heavy atom. The minimum Gasteiger partial charge on any atom is -0.354 e. The molecular formula is C19H21N5O. The second-order valence-corrected chi connectivity index (χ2v) is 5.83. The van der Waals surface area contributed by atoms with E-state index in [4.69, 9.17) is 0 Å². The van der Waals surface area contributed by atoms with Gasteiger partial charge in [-0.3, -0.25) is 9.78 Å². The lowest BCUT2D eigenvalue weighted by Crippen LogP contribution is -2.16. The third-order valence-electron chi connectivity index (χ3n) is 3.78. The summed E-state index contributed by atoms with van der Waals surface area (Å²) in [6, 6.07) is 11.2. The predicted molar refractivity (Wildman–Crippen MR) is 99.9 cm³/mol. The van der Waals surface area contributed by atoms with Gasteiger partial charge in [-0.25, -0.2) is 9.97 Å². The van der Waals surface area contributed by atoms with Crippen LogP contribution in [-0.2, 0) is 0 Å². The van der Waals surface area contributed by atoms with E-state index in [1.807, 2.05) is 37.3 Å². The summed E-state index contributed by atoms with van der Waals surface area (Å²) in [5, 5.41) is 7.04. The lowest BCUT2D eigenvalue weighted by molar-refractivity contribution is 0.102. The molecule has 0 saturated carbocycles. The number of aromatic nitrogens is 3. The van der Waals surface area contributed by atoms with Crippen LogP contribution < -0.4 is 10.6 Å². The number of nitrogens with zero attached hydrogens (tertiary/aromatic N) is 3. The number of carbonyl (C=O) groups excluding carboxylic acids is 1. The largest absolute Gasteiger partial charge is 0.354 e. The molecule has 2 heterocycles. The fraction of sp³-hybridized carbons (Fsp3) is 0.263. The zero-order valence-electron chi connectivity index (χ0n) is 14.4. The number of aryl methyl sites for hydroxylation is 1. The number of pyridine rings is 1. The number of amides is 1. The molecule has 3 aromatic rings. The first-order chi connectivity index (χ1) is 12.2. The third kappa shape index (κ3) is 4.09. The number of nitrogens with one attached hydrogen (secondary N) is 2. The normalized spacial score (nSPS) is 10.6. The molecule has 1 amide bonds. The molecule has 0 aliphatic carbocycles. The van der Waals surface area contributed by atoms with E-state index in [9.17, 15) is 4.79 Å². The second-order valence-electron chi connectivity index (χ2n) is 5.83. The molecule has 25 heavy (non-hydrogen) atoms. The van der Waals surface area contributed by atoms with Gasteiger partial charge in [0.15, 0.2) is 0 Å². The van der Waals surface area contributed by atoms with Crippen molar-refractivity contribution in [1.82, 2.24) is 15.0 Å². The summed E-state index contributed by atoms with van der Waals surface area (Å²) < 4.78 is 0. The number of anilines is 2. The Morgan fingerprint density at radius 2 is 2.00 bits per heavy atom. The Hall–Kier alpha value is -3.02. The maximum Gasteiger partial charge on any atom is 0.274 e.